The van der Waals surface area contributed by atoms with Gasteiger partial charge in [-0.1, -0.05) is 11.6 Å². The normalized spacial score (nSPS) is 14.7. The molecule has 1 aliphatic heterocycles. The van der Waals surface area contributed by atoms with Crippen LogP contribution in [0, 0.1) is 0 Å². The van der Waals surface area contributed by atoms with Crippen LogP contribution in [-0.4, -0.2) is 4.98 Å². The Morgan fingerprint density at radius 3 is 3.10 bits per heavy atom. The van der Waals surface area contributed by atoms with Crippen LogP contribution in [0.5, 0.6) is 0 Å². The van der Waals surface area contributed by atoms with E-state index in [1.807, 2.05) is 18.3 Å². The highest BCUT2D eigenvalue weighted by Crippen LogP contribution is 2.20. The number of halogens is 1. The van der Waals surface area contributed by atoms with Gasteiger partial charge in [-0.3, -0.25) is 10.9 Å². The first-order valence-corrected chi connectivity index (χ1v) is 3.30. The van der Waals surface area contributed by atoms with Gasteiger partial charge in [0.25, 0.3) is 0 Å². The maximum Gasteiger partial charge on any atom is 0.129 e. The number of nitrogens with one attached hydrogen (secondary N) is 3. The molecule has 1 aromatic heterocycles. The summed E-state index contributed by atoms with van der Waals surface area (Å²) >= 11 is 5.67. The number of H-pyrrole nitrogens is 1. The first-order valence-electron chi connectivity index (χ1n) is 2.93. The molecule has 0 fully saturated rings. The summed E-state index contributed by atoms with van der Waals surface area (Å²) in [5, 5.41) is 0.604. The molecule has 0 saturated heterocycles. The average Bonchev–Trinajstić information content (AvgIpc) is 2.33. The highest BCUT2D eigenvalue weighted by Gasteiger charge is 2.06. The molecule has 1 aromatic rings. The fourth-order valence-electron chi connectivity index (χ4n) is 0.905. The third-order valence-corrected chi connectivity index (χ3v) is 1.57. The highest BCUT2D eigenvalue weighted by atomic mass is 35.5. The Labute approximate surface area is 63.0 Å². The topological polar surface area (TPSA) is 39.9 Å². The van der Waals surface area contributed by atoms with Crippen molar-refractivity contribution in [2.24, 2.45) is 0 Å². The number of hydrogen-bond acceptors (Lipinski definition) is 2. The highest BCUT2D eigenvalue weighted by molar-refractivity contribution is 6.31. The van der Waals surface area contributed by atoms with E-state index in [0.717, 1.165) is 11.4 Å². The van der Waals surface area contributed by atoms with Gasteiger partial charge in [0.05, 0.1) is 0 Å². The fourth-order valence-corrected chi connectivity index (χ4v) is 1.07. The predicted octanol–water partition coefficient (Wildman–Crippen LogP) is 1.48. The van der Waals surface area contributed by atoms with Gasteiger partial charge in [-0.15, -0.1) is 0 Å². The van der Waals surface area contributed by atoms with Gasteiger partial charge >= 0.3 is 0 Å². The first-order chi connectivity index (χ1) is 4.86. The molecule has 4 heteroatoms. The van der Waals surface area contributed by atoms with Crippen LogP contribution in [0.15, 0.2) is 17.4 Å². The predicted molar refractivity (Wildman–Crippen MR) is 41.4 cm³/mol. The molecule has 0 saturated carbocycles. The SMILES string of the molecule is ClC1=Cc2cc[nH]c2NN1. The summed E-state index contributed by atoms with van der Waals surface area (Å²) in [6.45, 7) is 0. The summed E-state index contributed by atoms with van der Waals surface area (Å²) < 4.78 is 0. The molecule has 2 rings (SSSR count). The number of rotatable bonds is 0. The van der Waals surface area contributed by atoms with E-state index in [9.17, 15) is 0 Å². The molecular weight excluding hydrogens is 150 g/mol. The van der Waals surface area contributed by atoms with Gasteiger partial charge in [-0.25, -0.2) is 0 Å². The molecule has 0 radical (unpaired) electrons. The van der Waals surface area contributed by atoms with Crippen molar-refractivity contribution in [3.63, 3.8) is 0 Å². The van der Waals surface area contributed by atoms with Crippen LogP contribution >= 0.6 is 11.6 Å². The lowest BCUT2D eigenvalue weighted by Crippen LogP contribution is -2.21. The minimum Gasteiger partial charge on any atom is -0.347 e. The van der Waals surface area contributed by atoms with Crippen molar-refractivity contribution in [2.75, 3.05) is 5.43 Å². The summed E-state index contributed by atoms with van der Waals surface area (Å²) in [6, 6.07) is 1.95. The Balaban J connectivity index is 2.50. The molecule has 0 aromatic carbocycles. The van der Waals surface area contributed by atoms with Gasteiger partial charge in [0.2, 0.25) is 0 Å². The van der Waals surface area contributed by atoms with Crippen LogP contribution in [-0.2, 0) is 0 Å². The van der Waals surface area contributed by atoms with Crippen molar-refractivity contribution in [3.8, 4) is 0 Å². The molecule has 0 amide bonds. The van der Waals surface area contributed by atoms with E-state index in [2.05, 4.69) is 15.8 Å². The quantitative estimate of drug-likeness (QED) is 0.497. The molecule has 1 aliphatic rings. The van der Waals surface area contributed by atoms with Crippen LogP contribution in [0.2, 0.25) is 0 Å². The van der Waals surface area contributed by atoms with Crippen LogP contribution in [0.1, 0.15) is 5.56 Å². The zero-order valence-electron chi connectivity index (χ0n) is 5.11. The summed E-state index contributed by atoms with van der Waals surface area (Å²) in [7, 11) is 0. The molecule has 0 aliphatic carbocycles. The second kappa shape index (κ2) is 1.95. The van der Waals surface area contributed by atoms with Crippen LogP contribution in [0.3, 0.4) is 0 Å². The first kappa shape index (κ1) is 5.68. The lowest BCUT2D eigenvalue weighted by Gasteiger charge is -2.12. The summed E-state index contributed by atoms with van der Waals surface area (Å²) in [4.78, 5) is 3.00. The second-order valence-electron chi connectivity index (χ2n) is 2.05. The van der Waals surface area contributed by atoms with E-state index >= 15 is 0 Å². The Bertz CT molecular complexity index is 276. The Hall–Kier alpha value is -1.09. The van der Waals surface area contributed by atoms with Crippen molar-refractivity contribution in [1.82, 2.24) is 10.4 Å². The standard InChI is InChI=1S/C6H6ClN3/c7-5-3-4-1-2-8-6(4)10-9-5/h1-3,8-10H. The average molecular weight is 156 g/mol. The van der Waals surface area contributed by atoms with Crippen molar-refractivity contribution < 1.29 is 0 Å². The molecule has 3 N–H and O–H groups in total. The maximum atomic E-state index is 5.67. The molecule has 0 atom stereocenters. The monoisotopic (exact) mass is 155 g/mol. The zero-order valence-corrected chi connectivity index (χ0v) is 5.87. The van der Waals surface area contributed by atoms with Crippen LogP contribution in [0.4, 0.5) is 5.82 Å². The van der Waals surface area contributed by atoms with Crippen LogP contribution < -0.4 is 10.9 Å². The third-order valence-electron chi connectivity index (χ3n) is 1.37. The maximum absolute atomic E-state index is 5.67. The van der Waals surface area contributed by atoms with E-state index in [-0.39, 0.29) is 0 Å². The van der Waals surface area contributed by atoms with Crippen molar-refractivity contribution in [2.45, 2.75) is 0 Å². The fraction of sp³-hybridized carbons (Fsp3) is 0. The lowest BCUT2D eigenvalue weighted by molar-refractivity contribution is 1.01. The van der Waals surface area contributed by atoms with Gasteiger partial charge in [-0.05, 0) is 12.1 Å². The zero-order chi connectivity index (χ0) is 6.97. The minimum atomic E-state index is 0.604. The molecular formula is C6H6ClN3. The number of fused-ring (bicyclic) bond motifs is 1. The Kier molecular flexibility index (Phi) is 1.11. The van der Waals surface area contributed by atoms with E-state index in [1.165, 1.54) is 0 Å². The van der Waals surface area contributed by atoms with Gasteiger partial charge in [0, 0.05) is 11.8 Å². The number of hydrazine groups is 1. The molecule has 52 valence electrons. The van der Waals surface area contributed by atoms with Gasteiger partial charge in [-0.2, -0.15) is 0 Å². The second-order valence-corrected chi connectivity index (χ2v) is 2.46. The minimum absolute atomic E-state index is 0.604. The van der Waals surface area contributed by atoms with Gasteiger partial charge < -0.3 is 4.98 Å². The van der Waals surface area contributed by atoms with Gasteiger partial charge in [0.1, 0.15) is 11.0 Å². The number of hydrogen-bond donors (Lipinski definition) is 3. The van der Waals surface area contributed by atoms with E-state index < -0.39 is 0 Å². The molecule has 2 heterocycles. The van der Waals surface area contributed by atoms with Crippen molar-refractivity contribution >= 4 is 23.5 Å². The molecule has 3 nitrogen and oxygen atoms in total. The third kappa shape index (κ3) is 0.752. The van der Waals surface area contributed by atoms with E-state index in [0.29, 0.717) is 5.16 Å². The number of anilines is 1. The summed E-state index contributed by atoms with van der Waals surface area (Å²) in [5.41, 5.74) is 6.73. The molecule has 0 bridgehead atoms. The Morgan fingerprint density at radius 2 is 2.20 bits per heavy atom. The van der Waals surface area contributed by atoms with Crippen LogP contribution in [0.25, 0.3) is 6.08 Å². The molecule has 0 unspecified atom stereocenters. The van der Waals surface area contributed by atoms with Crippen molar-refractivity contribution in [1.29, 1.82) is 0 Å². The van der Waals surface area contributed by atoms with E-state index in [1.54, 1.807) is 0 Å². The smallest absolute Gasteiger partial charge is 0.129 e. The number of aromatic nitrogens is 1. The molecule has 10 heavy (non-hydrogen) atoms. The summed E-state index contributed by atoms with van der Waals surface area (Å²) in [6.07, 6.45) is 3.70. The van der Waals surface area contributed by atoms with Crippen molar-refractivity contribution in [3.05, 3.63) is 23.0 Å². The largest absolute Gasteiger partial charge is 0.347 e. The Morgan fingerprint density at radius 1 is 1.30 bits per heavy atom. The lowest BCUT2D eigenvalue weighted by atomic mass is 10.3. The van der Waals surface area contributed by atoms with E-state index in [4.69, 9.17) is 11.6 Å². The molecule has 0 spiro atoms. The summed E-state index contributed by atoms with van der Waals surface area (Å²) in [5.74, 6) is 0.949. The number of aromatic amines is 1. The van der Waals surface area contributed by atoms with Gasteiger partial charge in [0.15, 0.2) is 0 Å².